The maximum Gasteiger partial charge on any atom is 0.231 e. The molecule has 6 nitrogen and oxygen atoms in total. The van der Waals surface area contributed by atoms with Crippen LogP contribution in [0.5, 0.6) is 11.5 Å². The number of nitrogens with zero attached hydrogens (tertiary/aromatic N) is 2. The highest BCUT2D eigenvalue weighted by molar-refractivity contribution is 6.33. The van der Waals surface area contributed by atoms with Crippen LogP contribution in [-0.4, -0.2) is 22.0 Å². The van der Waals surface area contributed by atoms with Crippen LogP contribution in [0.25, 0.3) is 22.3 Å². The van der Waals surface area contributed by atoms with Crippen LogP contribution in [0.4, 0.5) is 20.3 Å². The van der Waals surface area contributed by atoms with Crippen molar-refractivity contribution in [3.8, 4) is 22.8 Å². The van der Waals surface area contributed by atoms with E-state index in [1.165, 1.54) is 12.1 Å². The van der Waals surface area contributed by atoms with Crippen LogP contribution in [-0.2, 0) is 0 Å². The zero-order valence-electron chi connectivity index (χ0n) is 14.1. The normalized spacial score (nSPS) is 12.5. The summed E-state index contributed by atoms with van der Waals surface area (Å²) < 4.78 is 37.6. The van der Waals surface area contributed by atoms with Gasteiger partial charge in [0.05, 0.1) is 10.7 Å². The second kappa shape index (κ2) is 6.35. The van der Waals surface area contributed by atoms with E-state index in [-0.39, 0.29) is 12.5 Å². The summed E-state index contributed by atoms with van der Waals surface area (Å²) in [6, 6.07) is 10.2. The Bertz CT molecular complexity index is 1230. The fourth-order valence-electron chi connectivity index (χ4n) is 3.01. The number of aromatic amines is 1. The molecule has 0 unspecified atom stereocenters. The summed E-state index contributed by atoms with van der Waals surface area (Å²) in [5.74, 6) is 0.197. The maximum absolute atomic E-state index is 13.8. The first-order valence-electron chi connectivity index (χ1n) is 8.25. The Hall–Kier alpha value is -3.39. The molecule has 9 heteroatoms. The lowest BCUT2D eigenvalue weighted by Crippen LogP contribution is -1.97. The molecule has 2 aromatic carbocycles. The number of ether oxygens (including phenoxy) is 2. The molecule has 140 valence electrons. The van der Waals surface area contributed by atoms with Gasteiger partial charge in [-0.05, 0) is 30.3 Å². The zero-order valence-corrected chi connectivity index (χ0v) is 14.8. The molecular weight excluding hydrogens is 390 g/mol. The van der Waals surface area contributed by atoms with Gasteiger partial charge in [-0.2, -0.15) is 5.10 Å². The van der Waals surface area contributed by atoms with E-state index in [1.807, 2.05) is 0 Å². The zero-order chi connectivity index (χ0) is 19.3. The van der Waals surface area contributed by atoms with E-state index in [0.717, 1.165) is 11.5 Å². The van der Waals surface area contributed by atoms with Gasteiger partial charge in [-0.25, -0.2) is 13.8 Å². The van der Waals surface area contributed by atoms with E-state index in [2.05, 4.69) is 20.5 Å². The van der Waals surface area contributed by atoms with Crippen molar-refractivity contribution in [3.63, 3.8) is 0 Å². The molecule has 1 aliphatic rings. The second-order valence-electron chi connectivity index (χ2n) is 6.10. The standard InChI is InChI=1S/C19H11ClF2N4O2/c20-12-7-16-15(27-8-28-16)6-11(12)18-10-2-4-17(24-19(10)26-25-18)23-14-3-1-9(21)5-13(14)22/h1-7H,8H2,(H2,23,24,25,26). The first kappa shape index (κ1) is 16.8. The van der Waals surface area contributed by atoms with Crippen molar-refractivity contribution < 1.29 is 18.3 Å². The highest BCUT2D eigenvalue weighted by Crippen LogP contribution is 2.42. The van der Waals surface area contributed by atoms with Crippen molar-refractivity contribution in [2.45, 2.75) is 0 Å². The number of anilines is 2. The molecule has 4 aromatic rings. The third kappa shape index (κ3) is 2.78. The predicted octanol–water partition coefficient (Wildman–Crippen LogP) is 5.03. The van der Waals surface area contributed by atoms with Gasteiger partial charge in [-0.3, -0.25) is 5.10 Å². The highest BCUT2D eigenvalue weighted by atomic mass is 35.5. The molecule has 0 bridgehead atoms. The molecule has 0 aliphatic carbocycles. The van der Waals surface area contributed by atoms with Gasteiger partial charge in [-0.1, -0.05) is 11.6 Å². The van der Waals surface area contributed by atoms with Gasteiger partial charge < -0.3 is 14.8 Å². The van der Waals surface area contributed by atoms with Gasteiger partial charge in [0.1, 0.15) is 23.1 Å². The Labute approximate surface area is 162 Å². The van der Waals surface area contributed by atoms with Crippen molar-refractivity contribution in [1.29, 1.82) is 0 Å². The first-order chi connectivity index (χ1) is 13.6. The number of nitrogens with one attached hydrogen (secondary N) is 2. The Morgan fingerprint density at radius 2 is 1.86 bits per heavy atom. The topological polar surface area (TPSA) is 72.1 Å². The molecule has 0 radical (unpaired) electrons. The lowest BCUT2D eigenvalue weighted by Gasteiger charge is -2.07. The Morgan fingerprint density at radius 3 is 2.68 bits per heavy atom. The predicted molar refractivity (Wildman–Crippen MR) is 100 cm³/mol. The van der Waals surface area contributed by atoms with Crippen LogP contribution in [0, 0.1) is 11.6 Å². The van der Waals surface area contributed by atoms with E-state index in [1.54, 1.807) is 24.3 Å². The van der Waals surface area contributed by atoms with Crippen LogP contribution in [0.3, 0.4) is 0 Å². The lowest BCUT2D eigenvalue weighted by molar-refractivity contribution is 0.174. The number of H-pyrrole nitrogens is 1. The molecule has 0 amide bonds. The Kier molecular flexibility index (Phi) is 3.80. The average molecular weight is 401 g/mol. The molecular formula is C19H11ClF2N4O2. The van der Waals surface area contributed by atoms with E-state index >= 15 is 0 Å². The summed E-state index contributed by atoms with van der Waals surface area (Å²) in [7, 11) is 0. The van der Waals surface area contributed by atoms with Crippen LogP contribution >= 0.6 is 11.6 Å². The number of fused-ring (bicyclic) bond motifs is 2. The average Bonchev–Trinajstić information content (AvgIpc) is 3.29. The first-order valence-corrected chi connectivity index (χ1v) is 8.63. The molecule has 28 heavy (non-hydrogen) atoms. The number of aromatic nitrogens is 3. The number of benzene rings is 2. The molecule has 0 saturated heterocycles. The minimum Gasteiger partial charge on any atom is -0.454 e. The smallest absolute Gasteiger partial charge is 0.231 e. The van der Waals surface area contributed by atoms with Crippen molar-refractivity contribution in [3.05, 3.63) is 59.1 Å². The fraction of sp³-hybridized carbons (Fsp3) is 0.0526. The third-order valence-corrected chi connectivity index (χ3v) is 4.65. The summed E-state index contributed by atoms with van der Waals surface area (Å²) in [5.41, 5.74) is 1.87. The fourth-order valence-corrected chi connectivity index (χ4v) is 3.25. The third-order valence-electron chi connectivity index (χ3n) is 4.34. The quantitative estimate of drug-likeness (QED) is 0.504. The van der Waals surface area contributed by atoms with Crippen molar-refractivity contribution in [2.75, 3.05) is 12.1 Å². The number of hydrogen-bond acceptors (Lipinski definition) is 5. The molecule has 0 saturated carbocycles. The van der Waals surface area contributed by atoms with Gasteiger partial charge in [0.25, 0.3) is 0 Å². The summed E-state index contributed by atoms with van der Waals surface area (Å²) >= 11 is 6.37. The largest absolute Gasteiger partial charge is 0.454 e. The SMILES string of the molecule is Fc1ccc(Nc2ccc3c(-c4cc5c(cc4Cl)OCO5)n[nH]c3n2)c(F)c1. The van der Waals surface area contributed by atoms with E-state index < -0.39 is 11.6 Å². The number of rotatable bonds is 3. The van der Waals surface area contributed by atoms with E-state index in [4.69, 9.17) is 21.1 Å². The molecule has 5 rings (SSSR count). The monoisotopic (exact) mass is 400 g/mol. The van der Waals surface area contributed by atoms with Gasteiger partial charge in [-0.15, -0.1) is 0 Å². The molecule has 2 N–H and O–H groups in total. The van der Waals surface area contributed by atoms with Crippen LogP contribution < -0.4 is 14.8 Å². The van der Waals surface area contributed by atoms with Gasteiger partial charge >= 0.3 is 0 Å². The highest BCUT2D eigenvalue weighted by Gasteiger charge is 2.20. The van der Waals surface area contributed by atoms with Gasteiger partial charge in [0.15, 0.2) is 17.1 Å². The molecule has 0 spiro atoms. The van der Waals surface area contributed by atoms with Gasteiger partial charge in [0, 0.05) is 23.1 Å². The molecule has 1 aliphatic heterocycles. The molecule has 3 heterocycles. The Balaban J connectivity index is 1.52. The molecule has 0 atom stereocenters. The van der Waals surface area contributed by atoms with E-state index in [9.17, 15) is 8.78 Å². The number of pyridine rings is 1. The summed E-state index contributed by atoms with van der Waals surface area (Å²) in [4.78, 5) is 4.39. The summed E-state index contributed by atoms with van der Waals surface area (Å²) in [5, 5.41) is 11.2. The summed E-state index contributed by atoms with van der Waals surface area (Å²) in [6.07, 6.45) is 0. The van der Waals surface area contributed by atoms with Crippen LogP contribution in [0.15, 0.2) is 42.5 Å². The van der Waals surface area contributed by atoms with Crippen molar-refractivity contribution in [2.24, 2.45) is 0 Å². The summed E-state index contributed by atoms with van der Waals surface area (Å²) in [6.45, 7) is 0.146. The lowest BCUT2D eigenvalue weighted by atomic mass is 10.1. The molecule has 2 aromatic heterocycles. The second-order valence-corrected chi connectivity index (χ2v) is 6.51. The van der Waals surface area contributed by atoms with Crippen LogP contribution in [0.1, 0.15) is 0 Å². The number of hydrogen-bond donors (Lipinski definition) is 2. The van der Waals surface area contributed by atoms with Gasteiger partial charge in [0.2, 0.25) is 6.79 Å². The number of halogens is 3. The molecule has 0 fully saturated rings. The minimum absolute atomic E-state index is 0.117. The van der Waals surface area contributed by atoms with E-state index in [0.29, 0.717) is 39.2 Å². The minimum atomic E-state index is -0.709. The van der Waals surface area contributed by atoms with Crippen molar-refractivity contribution >= 4 is 34.1 Å². The van der Waals surface area contributed by atoms with Crippen molar-refractivity contribution in [1.82, 2.24) is 15.2 Å². The Morgan fingerprint density at radius 1 is 1.04 bits per heavy atom. The van der Waals surface area contributed by atoms with Crippen LogP contribution in [0.2, 0.25) is 5.02 Å². The maximum atomic E-state index is 13.8.